The molecule has 0 aliphatic heterocycles. The molecule has 0 radical (unpaired) electrons. The molecule has 0 unspecified atom stereocenters. The molecule has 9 heteroatoms. The lowest BCUT2D eigenvalue weighted by Crippen LogP contribution is -2.24. The predicted molar refractivity (Wildman–Crippen MR) is 123 cm³/mol. The third-order valence-corrected chi connectivity index (χ3v) is 6.31. The molecule has 168 valence electrons. The molecule has 0 saturated carbocycles. The maximum Gasteiger partial charge on any atom is 0.241 e. The first-order valence-electron chi connectivity index (χ1n) is 9.85. The Labute approximate surface area is 187 Å². The summed E-state index contributed by atoms with van der Waals surface area (Å²) >= 11 is 0. The van der Waals surface area contributed by atoms with Crippen LogP contribution in [0, 0.1) is 13.8 Å². The third kappa shape index (κ3) is 5.43. The SMILES string of the molecule is COc1ccccc1CNS(=O)(=O)c1cc(/C=C\c2onc(C)c2NC(C)=O)ccc1C. The molecular weight excluding hydrogens is 430 g/mol. The lowest BCUT2D eigenvalue weighted by Gasteiger charge is -2.12. The number of ether oxygens (including phenoxy) is 1. The Morgan fingerprint density at radius 2 is 1.91 bits per heavy atom. The number of aryl methyl sites for hydroxylation is 2. The van der Waals surface area contributed by atoms with Gasteiger partial charge in [-0.25, -0.2) is 13.1 Å². The second-order valence-corrected chi connectivity index (χ2v) is 8.92. The molecule has 0 fully saturated rings. The smallest absolute Gasteiger partial charge is 0.241 e. The monoisotopic (exact) mass is 455 g/mol. The van der Waals surface area contributed by atoms with E-state index in [1.807, 2.05) is 12.1 Å². The van der Waals surface area contributed by atoms with Gasteiger partial charge >= 0.3 is 0 Å². The molecule has 0 aliphatic carbocycles. The van der Waals surface area contributed by atoms with Crippen LogP contribution in [0.5, 0.6) is 5.75 Å². The van der Waals surface area contributed by atoms with Gasteiger partial charge in [0.15, 0.2) is 5.76 Å². The van der Waals surface area contributed by atoms with E-state index in [1.165, 1.54) is 6.92 Å². The minimum atomic E-state index is -3.77. The van der Waals surface area contributed by atoms with Crippen LogP contribution in [0.4, 0.5) is 5.69 Å². The molecule has 1 aromatic heterocycles. The minimum absolute atomic E-state index is 0.100. The average Bonchev–Trinajstić information content (AvgIpc) is 3.10. The van der Waals surface area contributed by atoms with E-state index in [4.69, 9.17) is 9.26 Å². The lowest BCUT2D eigenvalue weighted by molar-refractivity contribution is -0.114. The first-order chi connectivity index (χ1) is 15.2. The zero-order valence-electron chi connectivity index (χ0n) is 18.3. The van der Waals surface area contributed by atoms with E-state index in [0.717, 1.165) is 5.56 Å². The Balaban J connectivity index is 1.84. The van der Waals surface area contributed by atoms with Crippen LogP contribution >= 0.6 is 0 Å². The summed E-state index contributed by atoms with van der Waals surface area (Å²) in [7, 11) is -2.23. The van der Waals surface area contributed by atoms with E-state index in [-0.39, 0.29) is 17.3 Å². The van der Waals surface area contributed by atoms with Crippen LogP contribution in [0.1, 0.15) is 35.1 Å². The van der Waals surface area contributed by atoms with Crippen molar-refractivity contribution in [3.05, 3.63) is 70.6 Å². The number of amides is 1. The van der Waals surface area contributed by atoms with Crippen molar-refractivity contribution in [3.63, 3.8) is 0 Å². The fourth-order valence-corrected chi connectivity index (χ4v) is 4.39. The Morgan fingerprint density at radius 3 is 2.62 bits per heavy atom. The van der Waals surface area contributed by atoms with Gasteiger partial charge in [0, 0.05) is 19.0 Å². The van der Waals surface area contributed by atoms with Crippen LogP contribution in [-0.2, 0) is 21.4 Å². The highest BCUT2D eigenvalue weighted by molar-refractivity contribution is 7.89. The summed E-state index contributed by atoms with van der Waals surface area (Å²) in [5, 5.41) is 6.54. The van der Waals surface area contributed by atoms with Crippen LogP contribution in [0.3, 0.4) is 0 Å². The fourth-order valence-electron chi connectivity index (χ4n) is 3.11. The summed E-state index contributed by atoms with van der Waals surface area (Å²) in [6.07, 6.45) is 3.33. The number of sulfonamides is 1. The highest BCUT2D eigenvalue weighted by Crippen LogP contribution is 2.24. The quantitative estimate of drug-likeness (QED) is 0.533. The Hall–Kier alpha value is -3.43. The van der Waals surface area contributed by atoms with Gasteiger partial charge < -0.3 is 14.6 Å². The first kappa shape index (κ1) is 23.2. The van der Waals surface area contributed by atoms with Crippen molar-refractivity contribution in [2.75, 3.05) is 12.4 Å². The molecule has 1 amide bonds. The molecule has 0 atom stereocenters. The summed E-state index contributed by atoms with van der Waals surface area (Å²) in [6, 6.07) is 12.3. The Bertz CT molecular complexity index is 1260. The van der Waals surface area contributed by atoms with Gasteiger partial charge in [0.1, 0.15) is 17.1 Å². The number of hydrogen-bond acceptors (Lipinski definition) is 6. The van der Waals surface area contributed by atoms with Crippen molar-refractivity contribution in [3.8, 4) is 5.75 Å². The van der Waals surface area contributed by atoms with Crippen molar-refractivity contribution in [2.24, 2.45) is 0 Å². The van der Waals surface area contributed by atoms with Crippen LogP contribution in [0.15, 0.2) is 51.9 Å². The predicted octanol–water partition coefficient (Wildman–Crippen LogP) is 3.91. The van der Waals surface area contributed by atoms with Gasteiger partial charge in [0.2, 0.25) is 15.9 Å². The van der Waals surface area contributed by atoms with E-state index in [1.54, 1.807) is 63.4 Å². The Morgan fingerprint density at radius 1 is 1.16 bits per heavy atom. The van der Waals surface area contributed by atoms with Gasteiger partial charge in [-0.15, -0.1) is 0 Å². The lowest BCUT2D eigenvalue weighted by atomic mass is 10.1. The van der Waals surface area contributed by atoms with Gasteiger partial charge in [0.25, 0.3) is 0 Å². The average molecular weight is 456 g/mol. The van der Waals surface area contributed by atoms with Gasteiger partial charge in [-0.05, 0) is 43.2 Å². The van der Waals surface area contributed by atoms with E-state index >= 15 is 0 Å². The number of anilines is 1. The normalized spacial score (nSPS) is 11.6. The maximum absolute atomic E-state index is 13.0. The molecule has 1 heterocycles. The summed E-state index contributed by atoms with van der Waals surface area (Å²) in [4.78, 5) is 11.6. The van der Waals surface area contributed by atoms with Gasteiger partial charge in [0.05, 0.1) is 12.0 Å². The van der Waals surface area contributed by atoms with Crippen molar-refractivity contribution in [2.45, 2.75) is 32.2 Å². The molecule has 0 spiro atoms. The molecule has 32 heavy (non-hydrogen) atoms. The highest BCUT2D eigenvalue weighted by Gasteiger charge is 2.18. The molecule has 0 saturated heterocycles. The summed E-state index contributed by atoms with van der Waals surface area (Å²) in [5.41, 5.74) is 3.03. The number of nitrogens with one attached hydrogen (secondary N) is 2. The number of nitrogens with zero attached hydrogens (tertiary/aromatic N) is 1. The number of para-hydroxylation sites is 1. The minimum Gasteiger partial charge on any atom is -0.496 e. The van der Waals surface area contributed by atoms with E-state index in [2.05, 4.69) is 15.2 Å². The number of benzene rings is 2. The van der Waals surface area contributed by atoms with Gasteiger partial charge in [-0.3, -0.25) is 4.79 Å². The number of methoxy groups -OCH3 is 1. The number of hydrogen-bond donors (Lipinski definition) is 2. The summed E-state index contributed by atoms with van der Waals surface area (Å²) in [5.74, 6) is 0.744. The molecule has 2 N–H and O–H groups in total. The van der Waals surface area contributed by atoms with Crippen molar-refractivity contribution in [1.29, 1.82) is 0 Å². The second-order valence-electron chi connectivity index (χ2n) is 7.18. The van der Waals surface area contributed by atoms with Gasteiger partial charge in [-0.2, -0.15) is 0 Å². The molecule has 2 aromatic carbocycles. The molecule has 8 nitrogen and oxygen atoms in total. The highest BCUT2D eigenvalue weighted by atomic mass is 32.2. The molecule has 3 rings (SSSR count). The topological polar surface area (TPSA) is 111 Å². The zero-order chi connectivity index (χ0) is 23.3. The largest absolute Gasteiger partial charge is 0.496 e. The van der Waals surface area contributed by atoms with Gasteiger partial charge in [-0.1, -0.05) is 41.6 Å². The van der Waals surface area contributed by atoms with Crippen LogP contribution < -0.4 is 14.8 Å². The number of aromatic nitrogens is 1. The zero-order valence-corrected chi connectivity index (χ0v) is 19.1. The second kappa shape index (κ2) is 9.80. The van der Waals surface area contributed by atoms with E-state index in [0.29, 0.717) is 34.0 Å². The van der Waals surface area contributed by atoms with Crippen LogP contribution in [-0.4, -0.2) is 26.6 Å². The van der Waals surface area contributed by atoms with Crippen molar-refractivity contribution in [1.82, 2.24) is 9.88 Å². The number of carbonyl (C=O) groups is 1. The third-order valence-electron chi connectivity index (χ3n) is 4.76. The molecule has 3 aromatic rings. The molecule has 0 bridgehead atoms. The first-order valence-corrected chi connectivity index (χ1v) is 11.3. The number of rotatable bonds is 8. The van der Waals surface area contributed by atoms with E-state index in [9.17, 15) is 13.2 Å². The standard InChI is InChI=1S/C23H25N3O5S/c1-15-9-10-18(11-12-21-23(25-17(3)27)16(2)26-31-21)13-22(15)32(28,29)24-14-19-7-5-6-8-20(19)30-4/h5-13,24H,14H2,1-4H3,(H,25,27)/b12-11-. The fraction of sp³-hybridized carbons (Fsp3) is 0.217. The van der Waals surface area contributed by atoms with Crippen molar-refractivity contribution >= 4 is 33.8 Å². The van der Waals surface area contributed by atoms with Crippen molar-refractivity contribution < 1.29 is 22.5 Å². The van der Waals surface area contributed by atoms with E-state index < -0.39 is 10.0 Å². The molecular formula is C23H25N3O5S. The summed E-state index contributed by atoms with van der Waals surface area (Å²) in [6.45, 7) is 4.95. The van der Waals surface area contributed by atoms with Crippen LogP contribution in [0.2, 0.25) is 0 Å². The Kier molecular flexibility index (Phi) is 7.12. The number of carbonyl (C=O) groups excluding carboxylic acids is 1. The summed E-state index contributed by atoms with van der Waals surface area (Å²) < 4.78 is 39.1. The van der Waals surface area contributed by atoms with Crippen LogP contribution in [0.25, 0.3) is 12.2 Å². The maximum atomic E-state index is 13.0. The molecule has 0 aliphatic rings.